The van der Waals surface area contributed by atoms with Crippen LogP contribution in [0.1, 0.15) is 44.1 Å². The Morgan fingerprint density at radius 1 is 1.06 bits per heavy atom. The molecule has 2 saturated carbocycles. The molecule has 16 heavy (non-hydrogen) atoms. The van der Waals surface area contributed by atoms with E-state index < -0.39 is 0 Å². The molecule has 0 N–H and O–H groups in total. The number of carbonyl (C=O) groups excluding carboxylic acids is 1. The summed E-state index contributed by atoms with van der Waals surface area (Å²) in [5.74, 6) is 0.914. The van der Waals surface area contributed by atoms with Crippen molar-refractivity contribution in [1.29, 1.82) is 0 Å². The third-order valence-corrected chi connectivity index (χ3v) is 4.48. The summed E-state index contributed by atoms with van der Waals surface area (Å²) >= 11 is 0. The highest BCUT2D eigenvalue weighted by Gasteiger charge is 2.48. The minimum Gasteiger partial charge on any atom is -0.298 e. The van der Waals surface area contributed by atoms with Crippen LogP contribution >= 0.6 is 0 Å². The van der Waals surface area contributed by atoms with E-state index in [4.69, 9.17) is 0 Å². The number of hydrogen-bond donors (Lipinski definition) is 0. The Morgan fingerprint density at radius 2 is 1.75 bits per heavy atom. The predicted molar refractivity (Wildman–Crippen MR) is 64.3 cm³/mol. The number of ketones is 1. The third kappa shape index (κ3) is 1.34. The van der Waals surface area contributed by atoms with Crippen molar-refractivity contribution in [2.75, 3.05) is 0 Å². The van der Waals surface area contributed by atoms with Crippen LogP contribution in [0.2, 0.25) is 0 Å². The molecule has 84 valence electrons. The van der Waals surface area contributed by atoms with Crippen LogP contribution in [0.25, 0.3) is 0 Å². The molecule has 0 aromatic heterocycles. The van der Waals surface area contributed by atoms with Crippen LogP contribution in [-0.2, 0) is 10.2 Å². The highest BCUT2D eigenvalue weighted by Crippen LogP contribution is 2.48. The van der Waals surface area contributed by atoms with Crippen LogP contribution < -0.4 is 0 Å². The van der Waals surface area contributed by atoms with Gasteiger partial charge in [-0.25, -0.2) is 0 Å². The van der Waals surface area contributed by atoms with Gasteiger partial charge in [-0.05, 0) is 31.2 Å². The van der Waals surface area contributed by atoms with E-state index >= 15 is 0 Å². The maximum atomic E-state index is 12.5. The molecule has 1 nitrogen and oxygen atoms in total. The van der Waals surface area contributed by atoms with Crippen molar-refractivity contribution in [3.63, 3.8) is 0 Å². The largest absolute Gasteiger partial charge is 0.298 e. The Morgan fingerprint density at radius 3 is 2.19 bits per heavy atom. The zero-order valence-corrected chi connectivity index (χ0v) is 9.61. The Balaban J connectivity index is 1.91. The van der Waals surface area contributed by atoms with Gasteiger partial charge in [0.1, 0.15) is 5.78 Å². The number of carbonyl (C=O) groups is 1. The Bertz CT molecular complexity index is 385. The van der Waals surface area contributed by atoms with Crippen molar-refractivity contribution < 1.29 is 4.79 Å². The zero-order chi connectivity index (χ0) is 11.0. The van der Waals surface area contributed by atoms with Gasteiger partial charge in [0.05, 0.1) is 5.41 Å². The Hall–Kier alpha value is -1.11. The average Bonchev–Trinajstić information content (AvgIpc) is 2.15. The molecule has 0 radical (unpaired) electrons. The van der Waals surface area contributed by atoms with Crippen molar-refractivity contribution in [2.45, 2.75) is 43.9 Å². The Labute approximate surface area is 96.9 Å². The lowest BCUT2D eigenvalue weighted by Gasteiger charge is -2.44. The molecule has 1 heteroatoms. The number of benzene rings is 1. The van der Waals surface area contributed by atoms with Gasteiger partial charge in [0.2, 0.25) is 0 Å². The van der Waals surface area contributed by atoms with E-state index in [1.54, 1.807) is 0 Å². The molecule has 2 aliphatic rings. The summed E-state index contributed by atoms with van der Waals surface area (Å²) in [5, 5.41) is 0. The van der Waals surface area contributed by atoms with Gasteiger partial charge >= 0.3 is 0 Å². The van der Waals surface area contributed by atoms with Gasteiger partial charge in [-0.1, -0.05) is 43.2 Å². The summed E-state index contributed by atoms with van der Waals surface area (Å²) in [5.41, 5.74) is 1.17. The molecule has 0 heterocycles. The number of Topliss-reactive ketones (excluding diaryl/α,β-unsaturated/α-hetero) is 1. The van der Waals surface area contributed by atoms with Gasteiger partial charge in [-0.15, -0.1) is 0 Å². The minimum atomic E-state index is -0.0909. The smallest absolute Gasteiger partial charge is 0.146 e. The SMILES string of the molecule is O=C(C1CCC1)C1(c2ccccc2)CCC1. The van der Waals surface area contributed by atoms with Crippen molar-refractivity contribution >= 4 is 5.78 Å². The van der Waals surface area contributed by atoms with Gasteiger partial charge in [0, 0.05) is 5.92 Å². The van der Waals surface area contributed by atoms with Gasteiger partial charge in [-0.3, -0.25) is 4.79 Å². The minimum absolute atomic E-state index is 0.0909. The van der Waals surface area contributed by atoms with E-state index in [1.165, 1.54) is 18.4 Å². The molecule has 0 atom stereocenters. The lowest BCUT2D eigenvalue weighted by Crippen LogP contribution is -2.47. The highest BCUT2D eigenvalue weighted by atomic mass is 16.1. The summed E-state index contributed by atoms with van der Waals surface area (Å²) < 4.78 is 0. The molecule has 2 fully saturated rings. The van der Waals surface area contributed by atoms with Crippen LogP contribution in [0.5, 0.6) is 0 Å². The lowest BCUT2D eigenvalue weighted by molar-refractivity contribution is -0.134. The summed E-state index contributed by atoms with van der Waals surface area (Å²) in [4.78, 5) is 12.5. The molecule has 0 spiro atoms. The maximum absolute atomic E-state index is 12.5. The van der Waals surface area contributed by atoms with Crippen LogP contribution in [0.4, 0.5) is 0 Å². The molecule has 3 rings (SSSR count). The van der Waals surface area contributed by atoms with Gasteiger partial charge in [0.15, 0.2) is 0 Å². The summed E-state index contributed by atoms with van der Waals surface area (Å²) in [6.07, 6.45) is 6.88. The van der Waals surface area contributed by atoms with Crippen LogP contribution in [0.3, 0.4) is 0 Å². The fraction of sp³-hybridized carbons (Fsp3) is 0.533. The zero-order valence-electron chi connectivity index (χ0n) is 9.61. The first-order chi connectivity index (χ1) is 7.83. The number of hydrogen-bond acceptors (Lipinski definition) is 1. The van der Waals surface area contributed by atoms with Crippen molar-refractivity contribution in [2.24, 2.45) is 5.92 Å². The first kappa shape index (κ1) is 10.1. The van der Waals surface area contributed by atoms with E-state index in [1.807, 2.05) is 6.07 Å². The summed E-state index contributed by atoms with van der Waals surface area (Å²) in [6, 6.07) is 10.4. The van der Waals surface area contributed by atoms with Crippen molar-refractivity contribution in [3.8, 4) is 0 Å². The molecule has 0 saturated heterocycles. The average molecular weight is 214 g/mol. The molecule has 2 aliphatic carbocycles. The molecular weight excluding hydrogens is 196 g/mol. The van der Waals surface area contributed by atoms with E-state index in [0.717, 1.165) is 25.7 Å². The molecule has 1 aromatic rings. The quantitative estimate of drug-likeness (QED) is 0.753. The normalized spacial score (nSPS) is 23.2. The second kappa shape index (κ2) is 3.73. The molecule has 1 aromatic carbocycles. The van der Waals surface area contributed by atoms with Gasteiger partial charge in [0.25, 0.3) is 0 Å². The first-order valence-electron chi connectivity index (χ1n) is 6.43. The topological polar surface area (TPSA) is 17.1 Å². The molecule has 0 amide bonds. The maximum Gasteiger partial charge on any atom is 0.146 e. The van der Waals surface area contributed by atoms with E-state index in [9.17, 15) is 4.79 Å². The summed E-state index contributed by atoms with van der Waals surface area (Å²) in [6.45, 7) is 0. The highest BCUT2D eigenvalue weighted by molar-refractivity contribution is 5.93. The fourth-order valence-electron chi connectivity index (χ4n) is 3.03. The lowest BCUT2D eigenvalue weighted by atomic mass is 9.57. The first-order valence-corrected chi connectivity index (χ1v) is 6.43. The van der Waals surface area contributed by atoms with E-state index in [2.05, 4.69) is 24.3 Å². The second-order valence-corrected chi connectivity index (χ2v) is 5.29. The van der Waals surface area contributed by atoms with E-state index in [0.29, 0.717) is 11.7 Å². The standard InChI is InChI=1S/C15H18O/c16-14(12-6-4-7-12)15(10-5-11-15)13-8-2-1-3-9-13/h1-3,8-9,12H,4-7,10-11H2. The van der Waals surface area contributed by atoms with Crippen molar-refractivity contribution in [1.82, 2.24) is 0 Å². The third-order valence-electron chi connectivity index (χ3n) is 4.48. The second-order valence-electron chi connectivity index (χ2n) is 5.29. The molecular formula is C15H18O. The molecule has 0 aliphatic heterocycles. The molecule has 0 bridgehead atoms. The summed E-state index contributed by atoms with van der Waals surface area (Å²) in [7, 11) is 0. The van der Waals surface area contributed by atoms with E-state index in [-0.39, 0.29) is 5.41 Å². The number of rotatable bonds is 3. The molecule has 0 unspecified atom stereocenters. The van der Waals surface area contributed by atoms with Crippen LogP contribution in [0, 0.1) is 5.92 Å². The van der Waals surface area contributed by atoms with Crippen LogP contribution in [-0.4, -0.2) is 5.78 Å². The fourth-order valence-corrected chi connectivity index (χ4v) is 3.03. The van der Waals surface area contributed by atoms with Crippen LogP contribution in [0.15, 0.2) is 30.3 Å². The van der Waals surface area contributed by atoms with Crippen molar-refractivity contribution in [3.05, 3.63) is 35.9 Å². The van der Waals surface area contributed by atoms with Gasteiger partial charge in [-0.2, -0.15) is 0 Å². The Kier molecular flexibility index (Phi) is 2.34. The monoisotopic (exact) mass is 214 g/mol. The van der Waals surface area contributed by atoms with Gasteiger partial charge < -0.3 is 0 Å². The predicted octanol–water partition coefficient (Wildman–Crippen LogP) is 3.48.